The average molecular weight is 354 g/mol. The molecule has 6 heteroatoms. The lowest BCUT2D eigenvalue weighted by atomic mass is 10.1. The molecule has 0 aromatic rings. The molecule has 137 valence electrons. The molecule has 0 N–H and O–H groups in total. The molecule has 2 aliphatic rings. The quantitative estimate of drug-likeness (QED) is 0.563. The fourth-order valence-electron chi connectivity index (χ4n) is 2.37. The van der Waals surface area contributed by atoms with Gasteiger partial charge in [-0.05, 0) is 52.5 Å². The van der Waals surface area contributed by atoms with Crippen molar-refractivity contribution in [2.75, 3.05) is 13.1 Å². The van der Waals surface area contributed by atoms with Gasteiger partial charge in [0.05, 0.1) is 0 Å². The maximum absolute atomic E-state index is 12.7. The Morgan fingerprint density at radius 1 is 1.27 bits per heavy atom. The van der Waals surface area contributed by atoms with E-state index in [1.54, 1.807) is 39.0 Å². The number of aliphatic imine (C=N–C) groups is 1. The Hall–Kier alpha value is -2.37. The number of carbonyl (C=O) groups excluding carboxylic acids is 2. The van der Waals surface area contributed by atoms with E-state index in [1.165, 1.54) is 9.80 Å². The Kier molecular flexibility index (Phi) is 6.40. The number of nitrogens with zero attached hydrogens (tertiary/aromatic N) is 3. The van der Waals surface area contributed by atoms with Gasteiger partial charge in [-0.25, -0.2) is 14.7 Å². The van der Waals surface area contributed by atoms with E-state index >= 15 is 0 Å². The second kappa shape index (κ2) is 8.34. The molecule has 1 aliphatic heterocycles. The van der Waals surface area contributed by atoms with Gasteiger partial charge in [-0.3, -0.25) is 9.69 Å². The number of allylic oxidation sites excluding steroid dienone is 1. The Balaban J connectivity index is 2.34. The van der Waals surface area contributed by atoms with E-state index in [1.807, 2.05) is 25.7 Å². The van der Waals surface area contributed by atoms with Crippen LogP contribution < -0.4 is 0 Å². The molecule has 1 aliphatic carbocycles. The van der Waals surface area contributed by atoms with E-state index in [4.69, 9.17) is 4.74 Å². The molecule has 0 aromatic heterocycles. The van der Waals surface area contributed by atoms with Crippen LogP contribution in [-0.4, -0.2) is 46.5 Å². The zero-order valence-electron chi connectivity index (χ0n) is 15.4. The maximum atomic E-state index is 12.7. The highest BCUT2D eigenvalue weighted by molar-refractivity contribution is 6.14. The van der Waals surface area contributed by atoms with Crippen molar-refractivity contribution < 1.29 is 14.3 Å². The largest absolute Gasteiger partial charge is 0.443 e. The number of hydrogen-bond donors (Lipinski definition) is 0. The normalized spacial score (nSPS) is 19.7. The first-order chi connectivity index (χ1) is 12.3. The van der Waals surface area contributed by atoms with Crippen LogP contribution >= 0.6 is 0 Å². The maximum Gasteiger partial charge on any atom is 0.417 e. The summed E-state index contributed by atoms with van der Waals surface area (Å²) in [6, 6.07) is 0. The predicted octanol–water partition coefficient (Wildman–Crippen LogP) is 3.08. The lowest BCUT2D eigenvalue weighted by molar-refractivity contribution is -0.122. The van der Waals surface area contributed by atoms with Gasteiger partial charge in [0.1, 0.15) is 11.3 Å². The topological polar surface area (TPSA) is 62.2 Å². The van der Waals surface area contributed by atoms with Crippen molar-refractivity contribution in [3.63, 3.8) is 0 Å². The van der Waals surface area contributed by atoms with Crippen molar-refractivity contribution in [1.82, 2.24) is 9.80 Å². The molecule has 1 heterocycles. The van der Waals surface area contributed by atoms with E-state index in [9.17, 15) is 9.59 Å². The average Bonchev–Trinajstić information content (AvgIpc) is 3.15. The fourth-order valence-corrected chi connectivity index (χ4v) is 2.37. The summed E-state index contributed by atoms with van der Waals surface area (Å²) in [5.74, 6) is 0.782. The molecule has 0 unspecified atom stereocenters. The molecule has 0 spiro atoms. The van der Waals surface area contributed by atoms with Gasteiger partial charge in [0, 0.05) is 19.0 Å². The molecular weight excluding hydrogens is 330 g/mol. The molecule has 26 heavy (non-hydrogen) atoms. The van der Waals surface area contributed by atoms with E-state index in [-0.39, 0.29) is 30.7 Å². The van der Waals surface area contributed by atoms with Crippen LogP contribution in [0, 0.1) is 31.6 Å². The summed E-state index contributed by atoms with van der Waals surface area (Å²) in [6.45, 7) is 13.1. The van der Waals surface area contributed by atoms with Gasteiger partial charge in [0.15, 0.2) is 0 Å². The van der Waals surface area contributed by atoms with E-state index in [2.05, 4.69) is 18.2 Å². The molecule has 2 rings (SSSR count). The molecule has 0 aromatic carbocycles. The SMILES string of the molecule is C=CCN(C(=O)OC(C)(C)C)C1=N/C(=C\[C]2[CH][CH][CH][CH]2)C(=O)N1CC=C. The Bertz CT molecular complexity index is 637. The van der Waals surface area contributed by atoms with Crippen LogP contribution in [0.3, 0.4) is 0 Å². The highest BCUT2D eigenvalue weighted by atomic mass is 16.6. The van der Waals surface area contributed by atoms with Crippen LogP contribution in [0.1, 0.15) is 20.8 Å². The van der Waals surface area contributed by atoms with Gasteiger partial charge < -0.3 is 4.74 Å². The second-order valence-corrected chi connectivity index (χ2v) is 6.74. The molecule has 0 bridgehead atoms. The summed E-state index contributed by atoms with van der Waals surface area (Å²) < 4.78 is 5.44. The summed E-state index contributed by atoms with van der Waals surface area (Å²) in [6.07, 6.45) is 11.7. The van der Waals surface area contributed by atoms with E-state index < -0.39 is 11.7 Å². The van der Waals surface area contributed by atoms with E-state index in [0.29, 0.717) is 0 Å². The lowest BCUT2D eigenvalue weighted by Crippen LogP contribution is -2.48. The smallest absolute Gasteiger partial charge is 0.417 e. The molecule has 0 saturated heterocycles. The third kappa shape index (κ3) is 4.84. The lowest BCUT2D eigenvalue weighted by Gasteiger charge is -2.29. The molecule has 2 amide bonds. The second-order valence-electron chi connectivity index (χ2n) is 6.74. The minimum Gasteiger partial charge on any atom is -0.443 e. The first kappa shape index (κ1) is 19.9. The van der Waals surface area contributed by atoms with Crippen LogP contribution in [0.25, 0.3) is 0 Å². The minimum absolute atomic E-state index is 0.165. The highest BCUT2D eigenvalue weighted by Gasteiger charge is 2.37. The van der Waals surface area contributed by atoms with Crippen LogP contribution in [0.4, 0.5) is 4.79 Å². The van der Waals surface area contributed by atoms with Gasteiger partial charge in [0.2, 0.25) is 5.96 Å². The van der Waals surface area contributed by atoms with Gasteiger partial charge >= 0.3 is 6.09 Å². The van der Waals surface area contributed by atoms with Crippen molar-refractivity contribution in [3.05, 3.63) is 68.7 Å². The number of amides is 2. The van der Waals surface area contributed by atoms with Gasteiger partial charge in [0.25, 0.3) is 5.91 Å². The van der Waals surface area contributed by atoms with Crippen LogP contribution in [0.2, 0.25) is 0 Å². The van der Waals surface area contributed by atoms with E-state index in [0.717, 1.165) is 5.92 Å². The number of guanidine groups is 1. The van der Waals surface area contributed by atoms with Gasteiger partial charge in [-0.1, -0.05) is 12.2 Å². The summed E-state index contributed by atoms with van der Waals surface area (Å²) in [5, 5.41) is 0. The van der Waals surface area contributed by atoms with Crippen molar-refractivity contribution in [1.29, 1.82) is 0 Å². The van der Waals surface area contributed by atoms with Crippen LogP contribution in [0.15, 0.2) is 42.1 Å². The summed E-state index contributed by atoms with van der Waals surface area (Å²) in [4.78, 5) is 32.4. The first-order valence-corrected chi connectivity index (χ1v) is 8.33. The van der Waals surface area contributed by atoms with Crippen LogP contribution in [-0.2, 0) is 9.53 Å². The number of rotatable bonds is 5. The number of ether oxygens (including phenoxy) is 1. The summed E-state index contributed by atoms with van der Waals surface area (Å²) in [5.41, 5.74) is -0.414. The number of carbonyl (C=O) groups is 2. The Morgan fingerprint density at radius 3 is 2.46 bits per heavy atom. The zero-order valence-corrected chi connectivity index (χ0v) is 15.4. The standard InChI is InChI=1S/C20H24N3O3/c1-6-12-22-17(24)16(14-15-10-8-9-11-15)21-18(22)23(13-7-2)19(25)26-20(3,4)5/h6-11,14H,1-2,12-13H2,3-5H3/b16-14-. The first-order valence-electron chi connectivity index (χ1n) is 8.33. The van der Waals surface area contributed by atoms with Crippen LogP contribution in [0.5, 0.6) is 0 Å². The van der Waals surface area contributed by atoms with Gasteiger partial charge in [-0.15, -0.1) is 13.2 Å². The van der Waals surface area contributed by atoms with Crippen molar-refractivity contribution in [2.45, 2.75) is 26.4 Å². The van der Waals surface area contributed by atoms with Crippen molar-refractivity contribution in [3.8, 4) is 0 Å². The molecular formula is C20H24N3O3. The predicted molar refractivity (Wildman–Crippen MR) is 101 cm³/mol. The van der Waals surface area contributed by atoms with Crippen molar-refractivity contribution in [2.24, 2.45) is 4.99 Å². The Morgan fingerprint density at radius 2 is 1.92 bits per heavy atom. The summed E-state index contributed by atoms with van der Waals surface area (Å²) in [7, 11) is 0. The third-order valence-corrected chi connectivity index (χ3v) is 3.40. The van der Waals surface area contributed by atoms with Gasteiger partial charge in [-0.2, -0.15) is 0 Å². The highest BCUT2D eigenvalue weighted by Crippen LogP contribution is 2.28. The summed E-state index contributed by atoms with van der Waals surface area (Å²) >= 11 is 0. The third-order valence-electron chi connectivity index (χ3n) is 3.40. The molecule has 0 atom stereocenters. The molecule has 5 radical (unpaired) electrons. The Labute approximate surface area is 155 Å². The number of hydrogen-bond acceptors (Lipinski definition) is 4. The minimum atomic E-state index is -0.670. The zero-order chi connectivity index (χ0) is 19.3. The molecule has 6 nitrogen and oxygen atoms in total. The molecule has 1 saturated carbocycles. The fraction of sp³-hybridized carbons (Fsp3) is 0.300. The monoisotopic (exact) mass is 354 g/mol. The molecule has 1 fully saturated rings. The van der Waals surface area contributed by atoms with Crippen molar-refractivity contribution >= 4 is 18.0 Å².